The maximum absolute atomic E-state index is 8.42. The van der Waals surface area contributed by atoms with E-state index in [4.69, 9.17) is 60.3 Å². The van der Waals surface area contributed by atoms with Gasteiger partial charge in [0, 0.05) is 0 Å². The average Bonchev–Trinajstić information content (AvgIpc) is 1.76. The first-order valence-corrected chi connectivity index (χ1v) is 3.03. The van der Waals surface area contributed by atoms with Gasteiger partial charge in [0.05, 0.1) is 0 Å². The Kier molecular flexibility index (Phi) is 84.3. The molecule has 0 aliphatic heterocycles. The van der Waals surface area contributed by atoms with E-state index in [-0.39, 0.29) is 88.7 Å². The van der Waals surface area contributed by atoms with Gasteiger partial charge in [-0.05, 0) is 0 Å². The van der Waals surface area contributed by atoms with Crippen molar-refractivity contribution in [3.8, 4) is 0 Å². The molecule has 0 unspecified atom stereocenters. The van der Waals surface area contributed by atoms with Crippen LogP contribution >= 0.6 is 0 Å². The molecule has 0 aromatic heterocycles. The second-order valence-electron chi connectivity index (χ2n) is 1.33. The van der Waals surface area contributed by atoms with E-state index in [2.05, 4.69) is 0 Å². The third-order valence-electron chi connectivity index (χ3n) is 0. The molecular formula is H9B4Na3O12. The van der Waals surface area contributed by atoms with Crippen molar-refractivity contribution >= 4 is 29.3 Å². The molecule has 9 N–H and O–H groups in total. The van der Waals surface area contributed by atoms with E-state index in [0.717, 1.165) is 0 Å². The standard InChI is InChI=1S/3BH3O3.BO3.3Na/c4*2-1(3)4;;;/h3*2-4H;;;;/q;;;-3;3*+1. The van der Waals surface area contributed by atoms with Crippen molar-refractivity contribution in [3.05, 3.63) is 0 Å². The van der Waals surface area contributed by atoms with Gasteiger partial charge in [0.2, 0.25) is 0 Å². The molecule has 0 heterocycles. The van der Waals surface area contributed by atoms with E-state index in [1.807, 2.05) is 0 Å². The maximum Gasteiger partial charge on any atom is 1.00 e. The van der Waals surface area contributed by atoms with E-state index in [1.165, 1.54) is 0 Å². The molecule has 0 spiro atoms. The van der Waals surface area contributed by atoms with Gasteiger partial charge in [0.25, 0.3) is 0 Å². The van der Waals surface area contributed by atoms with Crippen LogP contribution in [0.3, 0.4) is 0 Å². The smallest absolute Gasteiger partial charge is 0.907 e. The first-order chi connectivity index (χ1) is 6.93. The fraction of sp³-hybridized carbons (Fsp3) is 0. The Morgan fingerprint density at radius 3 is 0.421 bits per heavy atom. The summed E-state index contributed by atoms with van der Waals surface area (Å²) in [6, 6.07) is 0. The topological polar surface area (TPSA) is 251 Å². The minimum absolute atomic E-state index is 0. The van der Waals surface area contributed by atoms with E-state index in [0.29, 0.717) is 0 Å². The van der Waals surface area contributed by atoms with Crippen molar-refractivity contribution in [1.82, 2.24) is 0 Å². The predicted octanol–water partition coefficient (Wildman–Crippen LogP) is -19.1. The molecule has 0 aliphatic carbocycles. The molecule has 0 bridgehead atoms. The van der Waals surface area contributed by atoms with Crippen LogP contribution in [0.4, 0.5) is 0 Å². The molecule has 0 saturated heterocycles. The molecule has 0 rings (SSSR count). The fourth-order valence-electron chi connectivity index (χ4n) is 0. The van der Waals surface area contributed by atoms with E-state index < -0.39 is 29.3 Å². The molecule has 0 atom stereocenters. The van der Waals surface area contributed by atoms with Gasteiger partial charge in [-0.3, -0.25) is 7.32 Å². The first-order valence-electron chi connectivity index (χ1n) is 3.03. The van der Waals surface area contributed by atoms with Gasteiger partial charge in [-0.2, -0.15) is 0 Å². The molecule has 19 heavy (non-hydrogen) atoms. The van der Waals surface area contributed by atoms with Crippen molar-refractivity contribution in [2.75, 3.05) is 0 Å². The molecule has 96 valence electrons. The second kappa shape index (κ2) is 37.2. The number of rotatable bonds is 0. The van der Waals surface area contributed by atoms with Crippen molar-refractivity contribution in [1.29, 1.82) is 0 Å². The minimum atomic E-state index is -2.92. The summed E-state index contributed by atoms with van der Waals surface area (Å²) in [5.74, 6) is 0. The summed E-state index contributed by atoms with van der Waals surface area (Å²) in [7, 11) is -9.42. The summed E-state index contributed by atoms with van der Waals surface area (Å²) in [6.45, 7) is 0. The summed E-state index contributed by atoms with van der Waals surface area (Å²) < 4.78 is 0. The van der Waals surface area contributed by atoms with Crippen molar-refractivity contribution in [3.63, 3.8) is 0 Å². The Hall–Kier alpha value is 2.78. The van der Waals surface area contributed by atoms with E-state index in [1.54, 1.807) is 0 Å². The molecule has 0 aromatic carbocycles. The normalized spacial score (nSPS) is 5.68. The van der Waals surface area contributed by atoms with Gasteiger partial charge in [-0.25, -0.2) is 0 Å². The quantitative estimate of drug-likeness (QED) is 0.189. The maximum atomic E-state index is 8.42. The third-order valence-corrected chi connectivity index (χ3v) is 0. The van der Waals surface area contributed by atoms with Gasteiger partial charge < -0.3 is 60.3 Å². The van der Waals surface area contributed by atoms with Crippen LogP contribution in [0.15, 0.2) is 0 Å². The first kappa shape index (κ1) is 43.1. The molecular weight excluding hydrogens is 304 g/mol. The molecule has 0 amide bonds. The van der Waals surface area contributed by atoms with Crippen LogP contribution in [0.1, 0.15) is 0 Å². The molecule has 0 fully saturated rings. The molecule has 12 nitrogen and oxygen atoms in total. The summed E-state index contributed by atoms with van der Waals surface area (Å²) >= 11 is 0. The Balaban J connectivity index is -0.0000000192. The largest absolute Gasteiger partial charge is 1.00 e. The Morgan fingerprint density at radius 1 is 0.421 bits per heavy atom. The monoisotopic (exact) mass is 314 g/mol. The van der Waals surface area contributed by atoms with Crippen molar-refractivity contribution < 1.29 is 149 Å². The molecule has 19 heteroatoms. The van der Waals surface area contributed by atoms with Crippen LogP contribution in [0.5, 0.6) is 0 Å². The second-order valence-corrected chi connectivity index (χ2v) is 1.33. The van der Waals surface area contributed by atoms with Gasteiger partial charge >= 0.3 is 111 Å². The zero-order valence-corrected chi connectivity index (χ0v) is 16.6. The van der Waals surface area contributed by atoms with E-state index >= 15 is 0 Å². The summed E-state index contributed by atoms with van der Waals surface area (Å²) in [4.78, 5) is 0. The van der Waals surface area contributed by atoms with Gasteiger partial charge in [0.1, 0.15) is 0 Å². The van der Waals surface area contributed by atoms with Crippen molar-refractivity contribution in [2.24, 2.45) is 0 Å². The van der Waals surface area contributed by atoms with E-state index in [9.17, 15) is 0 Å². The zero-order valence-electron chi connectivity index (χ0n) is 10.6. The van der Waals surface area contributed by atoms with Crippen LogP contribution in [-0.4, -0.2) is 74.5 Å². The molecule has 0 aliphatic rings. The van der Waals surface area contributed by atoms with Gasteiger partial charge in [-0.1, -0.05) is 0 Å². The van der Waals surface area contributed by atoms with Gasteiger partial charge in [0.15, 0.2) is 0 Å². The van der Waals surface area contributed by atoms with Crippen LogP contribution in [0, 0.1) is 0 Å². The fourth-order valence-corrected chi connectivity index (χ4v) is 0. The third kappa shape index (κ3) is 948. The number of hydrogen-bond donors (Lipinski definition) is 9. The average molecular weight is 313 g/mol. The Morgan fingerprint density at radius 2 is 0.421 bits per heavy atom. The van der Waals surface area contributed by atoms with Gasteiger partial charge in [-0.15, -0.1) is 0 Å². The SMILES string of the molecule is OB(O)O.OB(O)O.OB(O)O.[Na+].[Na+].[Na+].[O-]B([O-])[O-]. The van der Waals surface area contributed by atoms with Crippen LogP contribution in [0.2, 0.25) is 0 Å². The summed E-state index contributed by atoms with van der Waals surface area (Å²) in [5.41, 5.74) is 0. The molecule has 0 saturated carbocycles. The van der Waals surface area contributed by atoms with Crippen LogP contribution < -0.4 is 104 Å². The van der Waals surface area contributed by atoms with Crippen LogP contribution in [0.25, 0.3) is 0 Å². The minimum Gasteiger partial charge on any atom is -0.907 e. The number of hydrogen-bond acceptors (Lipinski definition) is 12. The van der Waals surface area contributed by atoms with Crippen molar-refractivity contribution in [2.45, 2.75) is 0 Å². The predicted molar refractivity (Wildman–Crippen MR) is 43.0 cm³/mol. The summed E-state index contributed by atoms with van der Waals surface area (Å²) in [5, 5.41) is 89.8. The Bertz CT molecular complexity index is 68.0. The zero-order chi connectivity index (χ0) is 14.3. The summed E-state index contributed by atoms with van der Waals surface area (Å²) in [6.07, 6.45) is 0. The van der Waals surface area contributed by atoms with Crippen LogP contribution in [-0.2, 0) is 0 Å². The Labute approximate surface area is 176 Å². The molecule has 0 aromatic rings. The molecule has 0 radical (unpaired) electrons.